The highest BCUT2D eigenvalue weighted by molar-refractivity contribution is 5.91. The van der Waals surface area contributed by atoms with E-state index in [1.54, 1.807) is 0 Å². The van der Waals surface area contributed by atoms with Crippen molar-refractivity contribution in [2.45, 2.75) is 69.6 Å². The Hall–Kier alpha value is -1.32. The summed E-state index contributed by atoms with van der Waals surface area (Å²) < 4.78 is 5.94. The van der Waals surface area contributed by atoms with Crippen LogP contribution in [0.5, 0.6) is 0 Å². The van der Waals surface area contributed by atoms with Gasteiger partial charge in [0.15, 0.2) is 0 Å². The zero-order valence-corrected chi connectivity index (χ0v) is 12.6. The molecule has 4 saturated heterocycles. The zero-order chi connectivity index (χ0) is 14.8. The highest BCUT2D eigenvalue weighted by Crippen LogP contribution is 2.57. The van der Waals surface area contributed by atoms with Gasteiger partial charge in [-0.05, 0) is 38.0 Å². The predicted octanol–water partition coefficient (Wildman–Crippen LogP) is 2.43. The molecule has 0 saturated carbocycles. The first-order chi connectivity index (χ1) is 10.1. The van der Waals surface area contributed by atoms with Crippen molar-refractivity contribution in [2.75, 3.05) is 0 Å². The number of esters is 1. The van der Waals surface area contributed by atoms with Crippen LogP contribution in [0.1, 0.15) is 51.9 Å². The third-order valence-electron chi connectivity index (χ3n) is 6.35. The van der Waals surface area contributed by atoms with Gasteiger partial charge in [-0.1, -0.05) is 13.5 Å². The van der Waals surface area contributed by atoms with Crippen molar-refractivity contribution in [2.24, 2.45) is 11.8 Å². The number of ether oxygens (including phenoxy) is 1. The highest BCUT2D eigenvalue weighted by atomic mass is 16.6. The van der Waals surface area contributed by atoms with Gasteiger partial charge >= 0.3 is 5.97 Å². The molecule has 4 fully saturated rings. The second-order valence-electron chi connectivity index (χ2n) is 7.16. The summed E-state index contributed by atoms with van der Waals surface area (Å²) >= 11 is 0. The summed E-state index contributed by atoms with van der Waals surface area (Å²) in [5, 5.41) is 0. The fourth-order valence-corrected chi connectivity index (χ4v) is 5.71. The Bertz CT molecular complexity index is 510. The molecule has 0 unspecified atom stereocenters. The molecule has 0 N–H and O–H groups in total. The van der Waals surface area contributed by atoms with Crippen molar-refractivity contribution >= 4 is 11.9 Å². The average Bonchev–Trinajstić information content (AvgIpc) is 2.93. The lowest BCUT2D eigenvalue weighted by Gasteiger charge is -2.53. The van der Waals surface area contributed by atoms with E-state index in [4.69, 9.17) is 4.74 Å². The van der Waals surface area contributed by atoms with Gasteiger partial charge in [-0.3, -0.25) is 4.79 Å². The lowest BCUT2D eigenvalue weighted by atomic mass is 9.66. The molecule has 1 spiro atoms. The SMILES string of the molecule is C=C1C[C@@]2(OC1=O)[C@@H](CC)[C@H]1CCCC(=O)N3[C@H]1CC[C@@H]32. The van der Waals surface area contributed by atoms with Gasteiger partial charge in [-0.2, -0.15) is 0 Å². The quantitative estimate of drug-likeness (QED) is 0.550. The van der Waals surface area contributed by atoms with Gasteiger partial charge in [-0.15, -0.1) is 0 Å². The maximum atomic E-state index is 12.5. The lowest BCUT2D eigenvalue weighted by molar-refractivity contribution is -0.181. The monoisotopic (exact) mass is 289 g/mol. The maximum absolute atomic E-state index is 12.5. The van der Waals surface area contributed by atoms with Crippen LogP contribution in [0.4, 0.5) is 0 Å². The average molecular weight is 289 g/mol. The summed E-state index contributed by atoms with van der Waals surface area (Å²) in [5.41, 5.74) is 0.102. The van der Waals surface area contributed by atoms with E-state index in [1.807, 2.05) is 0 Å². The van der Waals surface area contributed by atoms with Crippen LogP contribution in [0, 0.1) is 11.8 Å². The molecule has 4 aliphatic heterocycles. The molecule has 0 radical (unpaired) electrons. The minimum atomic E-state index is -0.486. The van der Waals surface area contributed by atoms with Crippen molar-refractivity contribution in [3.05, 3.63) is 12.2 Å². The van der Waals surface area contributed by atoms with E-state index in [1.165, 1.54) is 0 Å². The van der Waals surface area contributed by atoms with Gasteiger partial charge in [0, 0.05) is 30.4 Å². The van der Waals surface area contributed by atoms with Crippen LogP contribution in [-0.4, -0.2) is 34.5 Å². The first kappa shape index (κ1) is 13.4. The number of hydrogen-bond acceptors (Lipinski definition) is 3. The molecule has 21 heavy (non-hydrogen) atoms. The lowest BCUT2D eigenvalue weighted by Crippen LogP contribution is -2.64. The normalized spacial score (nSPS) is 45.2. The number of fused-ring (bicyclic) bond motifs is 1. The van der Waals surface area contributed by atoms with Crippen LogP contribution >= 0.6 is 0 Å². The summed E-state index contributed by atoms with van der Waals surface area (Å²) in [6, 6.07) is 0.464. The number of rotatable bonds is 1. The number of carbonyl (C=O) groups excluding carboxylic acids is 2. The van der Waals surface area contributed by atoms with E-state index < -0.39 is 5.60 Å². The molecule has 4 heteroatoms. The molecule has 0 aromatic rings. The minimum absolute atomic E-state index is 0.0810. The summed E-state index contributed by atoms with van der Waals surface area (Å²) in [4.78, 5) is 26.7. The van der Waals surface area contributed by atoms with Gasteiger partial charge in [0.1, 0.15) is 5.60 Å². The largest absolute Gasteiger partial charge is 0.453 e. The molecule has 5 atom stereocenters. The van der Waals surface area contributed by atoms with Crippen molar-refractivity contribution in [1.82, 2.24) is 4.90 Å². The molecular weight excluding hydrogens is 266 g/mol. The van der Waals surface area contributed by atoms with E-state index in [0.29, 0.717) is 36.3 Å². The van der Waals surface area contributed by atoms with E-state index in [2.05, 4.69) is 18.4 Å². The van der Waals surface area contributed by atoms with E-state index in [9.17, 15) is 9.59 Å². The Balaban J connectivity index is 1.84. The Morgan fingerprint density at radius 2 is 2.14 bits per heavy atom. The van der Waals surface area contributed by atoms with Gasteiger partial charge in [-0.25, -0.2) is 4.79 Å². The first-order valence-corrected chi connectivity index (χ1v) is 8.30. The third kappa shape index (κ3) is 1.56. The van der Waals surface area contributed by atoms with Crippen LogP contribution in [0.2, 0.25) is 0 Å². The second kappa shape index (κ2) is 4.34. The van der Waals surface area contributed by atoms with Crippen molar-refractivity contribution in [3.63, 3.8) is 0 Å². The number of carbonyl (C=O) groups is 2. The molecule has 4 aliphatic rings. The topological polar surface area (TPSA) is 46.6 Å². The van der Waals surface area contributed by atoms with Gasteiger partial charge in [0.25, 0.3) is 0 Å². The van der Waals surface area contributed by atoms with Crippen molar-refractivity contribution in [3.8, 4) is 0 Å². The number of nitrogens with zero attached hydrogens (tertiary/aromatic N) is 1. The van der Waals surface area contributed by atoms with Gasteiger partial charge in [0.05, 0.1) is 6.04 Å². The molecule has 0 aromatic carbocycles. The van der Waals surface area contributed by atoms with Crippen LogP contribution in [-0.2, 0) is 14.3 Å². The first-order valence-electron chi connectivity index (χ1n) is 8.30. The second-order valence-corrected chi connectivity index (χ2v) is 7.16. The number of amides is 1. The van der Waals surface area contributed by atoms with Gasteiger partial charge < -0.3 is 9.64 Å². The summed E-state index contributed by atoms with van der Waals surface area (Å²) in [6.07, 6.45) is 6.40. The highest BCUT2D eigenvalue weighted by Gasteiger charge is 2.66. The standard InChI is InChI=1S/C17H23NO3/c1-3-12-11-5-4-6-15(19)18-13(11)7-8-14(18)17(12)9-10(2)16(20)21-17/h11-14H,2-9H2,1H3/t11-,12+,13+,14-,17-/m1/s1. The number of piperidine rings is 1. The smallest absolute Gasteiger partial charge is 0.334 e. The molecule has 4 rings (SSSR count). The van der Waals surface area contributed by atoms with Gasteiger partial charge in [0.2, 0.25) is 5.91 Å². The van der Waals surface area contributed by atoms with E-state index in [-0.39, 0.29) is 17.9 Å². The van der Waals surface area contributed by atoms with Crippen LogP contribution in [0.3, 0.4) is 0 Å². The van der Waals surface area contributed by atoms with Crippen molar-refractivity contribution in [1.29, 1.82) is 0 Å². The Kier molecular flexibility index (Phi) is 2.76. The third-order valence-corrected chi connectivity index (χ3v) is 6.35. The fraction of sp³-hybridized carbons (Fsp3) is 0.765. The molecule has 1 amide bonds. The molecule has 4 heterocycles. The summed E-state index contributed by atoms with van der Waals surface area (Å²) in [7, 11) is 0. The molecule has 114 valence electrons. The van der Waals surface area contributed by atoms with E-state index >= 15 is 0 Å². The molecule has 4 nitrogen and oxygen atoms in total. The Morgan fingerprint density at radius 1 is 1.33 bits per heavy atom. The molecular formula is C17H23NO3. The fourth-order valence-electron chi connectivity index (χ4n) is 5.71. The Labute approximate surface area is 125 Å². The van der Waals surface area contributed by atoms with Crippen LogP contribution < -0.4 is 0 Å². The summed E-state index contributed by atoms with van der Waals surface area (Å²) in [6.45, 7) is 6.09. The van der Waals surface area contributed by atoms with E-state index in [0.717, 1.165) is 32.1 Å². The predicted molar refractivity (Wildman–Crippen MR) is 77.4 cm³/mol. The minimum Gasteiger partial charge on any atom is -0.453 e. The molecule has 0 aromatic heterocycles. The van der Waals surface area contributed by atoms with Crippen LogP contribution in [0.15, 0.2) is 12.2 Å². The maximum Gasteiger partial charge on any atom is 0.334 e. The Morgan fingerprint density at radius 3 is 2.81 bits per heavy atom. The zero-order valence-electron chi connectivity index (χ0n) is 12.6. The summed E-state index contributed by atoms with van der Waals surface area (Å²) in [5.74, 6) is 0.885. The molecule has 0 aliphatic carbocycles. The number of hydrogen-bond donors (Lipinski definition) is 0. The van der Waals surface area contributed by atoms with Crippen LogP contribution in [0.25, 0.3) is 0 Å². The van der Waals surface area contributed by atoms with Crippen molar-refractivity contribution < 1.29 is 14.3 Å². The molecule has 4 bridgehead atoms.